The second kappa shape index (κ2) is 7.53. The molecule has 0 aliphatic heterocycles. The normalized spacial score (nSPS) is 11.1. The molecule has 0 radical (unpaired) electrons. The lowest BCUT2D eigenvalue weighted by atomic mass is 10.1. The lowest BCUT2D eigenvalue weighted by Gasteiger charge is -2.01. The number of furan rings is 1. The third-order valence-corrected chi connectivity index (χ3v) is 4.70. The molecule has 2 aromatic carbocycles. The zero-order valence-electron chi connectivity index (χ0n) is 15.9. The van der Waals surface area contributed by atoms with Crippen molar-refractivity contribution in [3.05, 3.63) is 93.9 Å². The molecule has 0 spiro atoms. The molecule has 7 nitrogen and oxygen atoms in total. The number of rotatable bonds is 4. The highest BCUT2D eigenvalue weighted by Crippen LogP contribution is 2.32. The highest BCUT2D eigenvalue weighted by molar-refractivity contribution is 6.01. The maximum atomic E-state index is 12.7. The van der Waals surface area contributed by atoms with Crippen LogP contribution in [0.1, 0.15) is 21.7 Å². The standard InChI is InChI=1S/C23H15N3O4/c1-15-6-9-19(21(12-15)26(28)29)22-10-7-17(30-22)8-11-23(27)25-14-16(13-24)18-4-2-3-5-20(18)25/h2-12,14H,1H3/b11-8+. The van der Waals surface area contributed by atoms with Crippen molar-refractivity contribution in [3.8, 4) is 17.4 Å². The summed E-state index contributed by atoms with van der Waals surface area (Å²) in [6.45, 7) is 1.78. The average Bonchev–Trinajstić information content (AvgIpc) is 3.36. The number of fused-ring (bicyclic) bond motifs is 1. The fraction of sp³-hybridized carbons (Fsp3) is 0.0435. The monoisotopic (exact) mass is 397 g/mol. The quantitative estimate of drug-likeness (QED) is 0.263. The summed E-state index contributed by atoms with van der Waals surface area (Å²) < 4.78 is 7.10. The lowest BCUT2D eigenvalue weighted by Crippen LogP contribution is -2.04. The van der Waals surface area contributed by atoms with Crippen molar-refractivity contribution in [1.82, 2.24) is 4.57 Å². The number of hydrogen-bond donors (Lipinski definition) is 0. The van der Waals surface area contributed by atoms with Crippen molar-refractivity contribution < 1.29 is 14.1 Å². The van der Waals surface area contributed by atoms with Crippen molar-refractivity contribution in [1.29, 1.82) is 5.26 Å². The minimum atomic E-state index is -0.451. The number of aryl methyl sites for hydroxylation is 1. The van der Waals surface area contributed by atoms with Gasteiger partial charge in [0.15, 0.2) is 0 Å². The topological polar surface area (TPSA) is 102 Å². The van der Waals surface area contributed by atoms with Gasteiger partial charge in [0.05, 0.1) is 21.6 Å². The smallest absolute Gasteiger partial charge is 0.280 e. The van der Waals surface area contributed by atoms with E-state index >= 15 is 0 Å². The van der Waals surface area contributed by atoms with Gasteiger partial charge in [0, 0.05) is 23.7 Å². The van der Waals surface area contributed by atoms with Crippen LogP contribution < -0.4 is 0 Å². The Morgan fingerprint density at radius 1 is 1.20 bits per heavy atom. The summed E-state index contributed by atoms with van der Waals surface area (Å²) in [4.78, 5) is 23.5. The van der Waals surface area contributed by atoms with Crippen LogP contribution in [0.25, 0.3) is 28.3 Å². The number of nitriles is 1. The predicted octanol–water partition coefficient (Wildman–Crippen LogP) is 5.34. The Morgan fingerprint density at radius 2 is 2.00 bits per heavy atom. The molecular formula is C23H15N3O4. The first-order chi connectivity index (χ1) is 14.5. The van der Waals surface area contributed by atoms with Crippen LogP contribution in [0.3, 0.4) is 0 Å². The van der Waals surface area contributed by atoms with Crippen LogP contribution in [-0.4, -0.2) is 15.4 Å². The number of aromatic nitrogens is 1. The van der Waals surface area contributed by atoms with Crippen LogP contribution in [-0.2, 0) is 0 Å². The SMILES string of the molecule is Cc1ccc(-c2ccc(/C=C/C(=O)n3cc(C#N)c4ccccc43)o2)c([N+](=O)[O-])c1. The largest absolute Gasteiger partial charge is 0.456 e. The molecule has 0 fully saturated rings. The number of hydrogen-bond acceptors (Lipinski definition) is 5. The summed E-state index contributed by atoms with van der Waals surface area (Å²) in [5.41, 5.74) is 2.15. The number of nitro benzene ring substituents is 1. The van der Waals surface area contributed by atoms with E-state index in [-0.39, 0.29) is 11.6 Å². The molecular weight excluding hydrogens is 382 g/mol. The minimum absolute atomic E-state index is 0.0428. The van der Waals surface area contributed by atoms with Crippen molar-refractivity contribution in [2.45, 2.75) is 6.92 Å². The summed E-state index contributed by atoms with van der Waals surface area (Å²) >= 11 is 0. The van der Waals surface area contributed by atoms with Crippen molar-refractivity contribution in [2.24, 2.45) is 0 Å². The van der Waals surface area contributed by atoms with Gasteiger partial charge in [-0.25, -0.2) is 0 Å². The van der Waals surface area contributed by atoms with E-state index in [9.17, 15) is 20.2 Å². The predicted molar refractivity (Wildman–Crippen MR) is 112 cm³/mol. The van der Waals surface area contributed by atoms with E-state index in [4.69, 9.17) is 4.42 Å². The van der Waals surface area contributed by atoms with Crippen molar-refractivity contribution >= 4 is 28.6 Å². The van der Waals surface area contributed by atoms with E-state index in [2.05, 4.69) is 6.07 Å². The Bertz CT molecular complexity index is 1370. The van der Waals surface area contributed by atoms with Gasteiger partial charge in [0.25, 0.3) is 11.6 Å². The first kappa shape index (κ1) is 18.9. The van der Waals surface area contributed by atoms with Gasteiger partial charge in [-0.2, -0.15) is 5.26 Å². The zero-order valence-corrected chi connectivity index (χ0v) is 15.9. The van der Waals surface area contributed by atoms with E-state index < -0.39 is 4.92 Å². The summed E-state index contributed by atoms with van der Waals surface area (Å²) in [6, 6.07) is 17.4. The van der Waals surface area contributed by atoms with Gasteiger partial charge in [-0.3, -0.25) is 19.5 Å². The van der Waals surface area contributed by atoms with Crippen molar-refractivity contribution in [3.63, 3.8) is 0 Å². The van der Waals surface area contributed by atoms with Crippen LogP contribution in [0.15, 0.2) is 71.3 Å². The van der Waals surface area contributed by atoms with E-state index in [0.717, 1.165) is 5.56 Å². The molecule has 0 saturated carbocycles. The molecule has 0 aliphatic carbocycles. The molecule has 4 rings (SSSR count). The Kier molecular flexibility index (Phi) is 4.74. The maximum Gasteiger partial charge on any atom is 0.280 e. The van der Waals surface area contributed by atoms with E-state index in [1.807, 2.05) is 6.07 Å². The second-order valence-corrected chi connectivity index (χ2v) is 6.69. The summed E-state index contributed by atoms with van der Waals surface area (Å²) in [5.74, 6) is 0.379. The zero-order chi connectivity index (χ0) is 21.3. The number of nitro groups is 1. The number of carbonyl (C=O) groups excluding carboxylic acids is 1. The Morgan fingerprint density at radius 3 is 2.77 bits per heavy atom. The Labute approximate surface area is 171 Å². The van der Waals surface area contributed by atoms with Gasteiger partial charge < -0.3 is 4.42 Å². The van der Waals surface area contributed by atoms with E-state index in [0.29, 0.717) is 33.6 Å². The lowest BCUT2D eigenvalue weighted by molar-refractivity contribution is -0.384. The number of allylic oxidation sites excluding steroid dienone is 1. The molecule has 0 aliphatic rings. The van der Waals surface area contributed by atoms with Gasteiger partial charge >= 0.3 is 0 Å². The average molecular weight is 397 g/mol. The molecule has 0 bridgehead atoms. The Hall–Kier alpha value is -4.44. The summed E-state index contributed by atoms with van der Waals surface area (Å²) in [6.07, 6.45) is 4.33. The summed E-state index contributed by atoms with van der Waals surface area (Å²) in [7, 11) is 0. The number of carbonyl (C=O) groups is 1. The van der Waals surface area contributed by atoms with Gasteiger partial charge in [0.2, 0.25) is 0 Å². The Balaban J connectivity index is 1.63. The molecule has 2 aromatic heterocycles. The van der Waals surface area contributed by atoms with Crippen LogP contribution >= 0.6 is 0 Å². The van der Waals surface area contributed by atoms with Crippen LogP contribution in [0.4, 0.5) is 5.69 Å². The van der Waals surface area contributed by atoms with Gasteiger partial charge in [-0.05, 0) is 42.8 Å². The third kappa shape index (κ3) is 3.38. The highest BCUT2D eigenvalue weighted by atomic mass is 16.6. The molecule has 30 heavy (non-hydrogen) atoms. The number of para-hydroxylation sites is 1. The first-order valence-electron chi connectivity index (χ1n) is 9.06. The molecule has 7 heteroatoms. The molecule has 146 valence electrons. The third-order valence-electron chi connectivity index (χ3n) is 4.70. The van der Waals surface area contributed by atoms with E-state index in [1.165, 1.54) is 29.0 Å². The van der Waals surface area contributed by atoms with Crippen LogP contribution in [0.5, 0.6) is 0 Å². The first-order valence-corrected chi connectivity index (χ1v) is 9.06. The van der Waals surface area contributed by atoms with Crippen molar-refractivity contribution in [2.75, 3.05) is 0 Å². The minimum Gasteiger partial charge on any atom is -0.456 e. The number of nitrogens with zero attached hydrogens (tertiary/aromatic N) is 3. The fourth-order valence-electron chi connectivity index (χ4n) is 3.27. The second-order valence-electron chi connectivity index (χ2n) is 6.69. The van der Waals surface area contributed by atoms with Gasteiger partial charge in [-0.15, -0.1) is 0 Å². The molecule has 0 unspecified atom stereocenters. The molecule has 0 saturated heterocycles. The van der Waals surface area contributed by atoms with Gasteiger partial charge in [-0.1, -0.05) is 24.3 Å². The number of benzene rings is 2. The molecule has 0 amide bonds. The molecule has 4 aromatic rings. The fourth-order valence-corrected chi connectivity index (χ4v) is 3.27. The van der Waals surface area contributed by atoms with E-state index in [1.54, 1.807) is 49.4 Å². The molecule has 0 N–H and O–H groups in total. The molecule has 2 heterocycles. The molecule has 0 atom stereocenters. The van der Waals surface area contributed by atoms with Gasteiger partial charge in [0.1, 0.15) is 17.6 Å². The summed E-state index contributed by atoms with van der Waals surface area (Å²) in [5, 5.41) is 21.3. The van der Waals surface area contributed by atoms with Crippen LogP contribution in [0.2, 0.25) is 0 Å². The highest BCUT2D eigenvalue weighted by Gasteiger charge is 2.18. The maximum absolute atomic E-state index is 12.7. The van der Waals surface area contributed by atoms with Crippen LogP contribution in [0, 0.1) is 28.4 Å².